The van der Waals surface area contributed by atoms with Gasteiger partial charge in [-0.25, -0.2) is 8.42 Å². The van der Waals surface area contributed by atoms with Gasteiger partial charge in [-0.15, -0.1) is 0 Å². The minimum Gasteiger partial charge on any atom is -0.482 e. The van der Waals surface area contributed by atoms with Crippen LogP contribution in [0.2, 0.25) is 0 Å². The first-order valence-electron chi connectivity index (χ1n) is 5.58. The second kappa shape index (κ2) is 5.04. The Bertz CT molecular complexity index is 670. The summed E-state index contributed by atoms with van der Waals surface area (Å²) in [5.41, 5.74) is -0.980. The molecule has 2 rings (SSSR count). The molecule has 0 radical (unpaired) electrons. The molecule has 0 aromatic heterocycles. The van der Waals surface area contributed by atoms with Gasteiger partial charge < -0.3 is 4.74 Å². The van der Waals surface area contributed by atoms with Crippen molar-refractivity contribution in [2.24, 2.45) is 0 Å². The Morgan fingerprint density at radius 2 is 1.90 bits per heavy atom. The molecule has 0 saturated carbocycles. The van der Waals surface area contributed by atoms with E-state index in [-0.39, 0.29) is 23.7 Å². The number of nitrogens with zero attached hydrogens (tertiary/aromatic N) is 2. The summed E-state index contributed by atoms with van der Waals surface area (Å²) in [5.74, 6) is -0.401. The molecule has 1 aliphatic rings. The maximum Gasteiger partial charge on any atom is 0.317 e. The fraction of sp³-hybridized carbons (Fsp3) is 0.400. The van der Waals surface area contributed by atoms with Crippen LogP contribution in [-0.2, 0) is 9.84 Å². The number of nitro groups is 2. The molecular weight excluding hydrogens is 292 g/mol. The highest BCUT2D eigenvalue weighted by Crippen LogP contribution is 2.33. The summed E-state index contributed by atoms with van der Waals surface area (Å²) in [4.78, 5) is 19.9. The highest BCUT2D eigenvalue weighted by Gasteiger charge is 2.31. The molecule has 0 N–H and O–H groups in total. The molecule has 9 nitrogen and oxygen atoms in total. The van der Waals surface area contributed by atoms with E-state index in [0.717, 1.165) is 18.2 Å². The normalized spacial score (nSPS) is 20.5. The third-order valence-corrected chi connectivity index (χ3v) is 4.57. The molecule has 20 heavy (non-hydrogen) atoms. The van der Waals surface area contributed by atoms with Crippen molar-refractivity contribution in [1.82, 2.24) is 0 Å². The Kier molecular flexibility index (Phi) is 3.57. The van der Waals surface area contributed by atoms with E-state index in [4.69, 9.17) is 4.74 Å². The van der Waals surface area contributed by atoms with Crippen LogP contribution < -0.4 is 4.74 Å². The summed E-state index contributed by atoms with van der Waals surface area (Å²) in [6.07, 6.45) is -0.420. The largest absolute Gasteiger partial charge is 0.482 e. The molecule has 1 atom stereocenters. The Balaban J connectivity index is 2.28. The molecule has 0 aliphatic carbocycles. The van der Waals surface area contributed by atoms with Crippen LogP contribution in [0, 0.1) is 20.2 Å². The van der Waals surface area contributed by atoms with Gasteiger partial charge in [-0.2, -0.15) is 0 Å². The smallest absolute Gasteiger partial charge is 0.317 e. The van der Waals surface area contributed by atoms with E-state index in [1.165, 1.54) is 0 Å². The predicted molar refractivity (Wildman–Crippen MR) is 67.4 cm³/mol. The Morgan fingerprint density at radius 1 is 1.20 bits per heavy atom. The van der Waals surface area contributed by atoms with E-state index in [1.807, 2.05) is 0 Å². The maximum absolute atomic E-state index is 11.3. The molecule has 1 aliphatic heterocycles. The monoisotopic (exact) mass is 302 g/mol. The average Bonchev–Trinajstić information content (AvgIpc) is 2.68. The van der Waals surface area contributed by atoms with E-state index >= 15 is 0 Å². The zero-order valence-corrected chi connectivity index (χ0v) is 10.9. The van der Waals surface area contributed by atoms with Crippen LogP contribution in [0.15, 0.2) is 18.2 Å². The van der Waals surface area contributed by atoms with Crippen molar-refractivity contribution >= 4 is 21.2 Å². The molecule has 10 heteroatoms. The van der Waals surface area contributed by atoms with Crippen molar-refractivity contribution < 1.29 is 23.0 Å². The lowest BCUT2D eigenvalue weighted by atomic mass is 10.2. The van der Waals surface area contributed by atoms with Gasteiger partial charge >= 0.3 is 5.69 Å². The fourth-order valence-electron chi connectivity index (χ4n) is 1.90. The number of ether oxygens (including phenoxy) is 1. The summed E-state index contributed by atoms with van der Waals surface area (Å²) in [7, 11) is -3.17. The Labute approximate surface area is 113 Å². The first kappa shape index (κ1) is 14.2. The van der Waals surface area contributed by atoms with E-state index in [9.17, 15) is 28.6 Å². The Morgan fingerprint density at radius 3 is 2.40 bits per heavy atom. The number of hydrogen-bond donors (Lipinski definition) is 0. The van der Waals surface area contributed by atoms with Crippen LogP contribution in [0.1, 0.15) is 6.42 Å². The van der Waals surface area contributed by atoms with Gasteiger partial charge in [-0.05, 0) is 12.5 Å². The molecule has 1 unspecified atom stereocenters. The number of nitro benzene ring substituents is 2. The molecule has 1 aromatic rings. The fourth-order valence-corrected chi connectivity index (χ4v) is 3.48. The molecule has 0 amide bonds. The highest BCUT2D eigenvalue weighted by molar-refractivity contribution is 7.91. The number of benzene rings is 1. The molecule has 1 heterocycles. The first-order chi connectivity index (χ1) is 9.28. The van der Waals surface area contributed by atoms with Crippen LogP contribution in [0.25, 0.3) is 0 Å². The third kappa shape index (κ3) is 3.02. The lowest BCUT2D eigenvalue weighted by Gasteiger charge is -2.11. The summed E-state index contributed by atoms with van der Waals surface area (Å²) in [5, 5.41) is 21.5. The number of non-ortho nitro benzene ring substituents is 1. The third-order valence-electron chi connectivity index (χ3n) is 2.83. The van der Waals surface area contributed by atoms with Crippen LogP contribution in [0.4, 0.5) is 11.4 Å². The van der Waals surface area contributed by atoms with Gasteiger partial charge in [0.1, 0.15) is 6.10 Å². The number of hydrogen-bond acceptors (Lipinski definition) is 7. The molecule has 1 saturated heterocycles. The summed E-state index contributed by atoms with van der Waals surface area (Å²) < 4.78 is 27.9. The van der Waals surface area contributed by atoms with E-state index in [1.54, 1.807) is 0 Å². The number of sulfone groups is 1. The quantitative estimate of drug-likeness (QED) is 0.600. The first-order valence-corrected chi connectivity index (χ1v) is 7.40. The van der Waals surface area contributed by atoms with Crippen LogP contribution in [0.3, 0.4) is 0 Å². The van der Waals surface area contributed by atoms with Crippen molar-refractivity contribution in [1.29, 1.82) is 0 Å². The van der Waals surface area contributed by atoms with Crippen molar-refractivity contribution in [3.63, 3.8) is 0 Å². The lowest BCUT2D eigenvalue weighted by molar-refractivity contribution is -0.394. The minimum absolute atomic E-state index is 0.0293. The molecule has 0 spiro atoms. The van der Waals surface area contributed by atoms with Crippen LogP contribution in [0.5, 0.6) is 5.75 Å². The Hall–Kier alpha value is -2.23. The van der Waals surface area contributed by atoms with Gasteiger partial charge in [0.15, 0.2) is 15.6 Å². The molecular formula is C10H10N2O7S. The standard InChI is InChI=1S/C10H10N2O7S/c13-11(14)7-1-2-10(9(5-7)12(15)16)19-8-3-4-20(17,18)6-8/h1-2,5,8H,3-4,6H2. The molecule has 0 bridgehead atoms. The average molecular weight is 302 g/mol. The maximum atomic E-state index is 11.3. The van der Waals surface area contributed by atoms with Gasteiger partial charge in [0.05, 0.1) is 27.4 Å². The van der Waals surface area contributed by atoms with Crippen molar-refractivity contribution in [2.75, 3.05) is 11.5 Å². The molecule has 108 valence electrons. The van der Waals surface area contributed by atoms with Gasteiger partial charge in [0.25, 0.3) is 5.69 Å². The summed E-state index contributed by atoms with van der Waals surface area (Å²) >= 11 is 0. The van der Waals surface area contributed by atoms with Gasteiger partial charge in [0.2, 0.25) is 0 Å². The van der Waals surface area contributed by atoms with E-state index < -0.39 is 37.2 Å². The molecule has 1 aromatic carbocycles. The van der Waals surface area contributed by atoms with Crippen molar-refractivity contribution in [2.45, 2.75) is 12.5 Å². The molecule has 1 fully saturated rings. The minimum atomic E-state index is -3.17. The highest BCUT2D eigenvalue weighted by atomic mass is 32.2. The van der Waals surface area contributed by atoms with Crippen LogP contribution in [-0.4, -0.2) is 35.9 Å². The number of rotatable bonds is 4. The van der Waals surface area contributed by atoms with Gasteiger partial charge in [-0.1, -0.05) is 0 Å². The van der Waals surface area contributed by atoms with E-state index in [2.05, 4.69) is 0 Å². The van der Waals surface area contributed by atoms with Crippen molar-refractivity contribution in [3.05, 3.63) is 38.4 Å². The lowest BCUT2D eigenvalue weighted by Crippen LogP contribution is -2.18. The van der Waals surface area contributed by atoms with Crippen molar-refractivity contribution in [3.8, 4) is 5.75 Å². The zero-order chi connectivity index (χ0) is 14.9. The topological polar surface area (TPSA) is 130 Å². The van der Waals surface area contributed by atoms with Gasteiger partial charge in [0, 0.05) is 6.07 Å². The SMILES string of the molecule is O=[N+]([O-])c1ccc(OC2CCS(=O)(=O)C2)c([N+](=O)[O-])c1. The van der Waals surface area contributed by atoms with Gasteiger partial charge in [-0.3, -0.25) is 20.2 Å². The summed E-state index contributed by atoms with van der Waals surface area (Å²) in [6.45, 7) is 0. The zero-order valence-electron chi connectivity index (χ0n) is 10.1. The predicted octanol–water partition coefficient (Wildman–Crippen LogP) is 1.07. The van der Waals surface area contributed by atoms with E-state index in [0.29, 0.717) is 0 Å². The van der Waals surface area contributed by atoms with Crippen LogP contribution >= 0.6 is 0 Å². The summed E-state index contributed by atoms with van der Waals surface area (Å²) in [6, 6.07) is 2.98. The second-order valence-electron chi connectivity index (χ2n) is 4.31. The second-order valence-corrected chi connectivity index (χ2v) is 6.54.